The van der Waals surface area contributed by atoms with Gasteiger partial charge < -0.3 is 34.3 Å². The van der Waals surface area contributed by atoms with Gasteiger partial charge in [0.05, 0.1) is 6.61 Å². The van der Waals surface area contributed by atoms with E-state index in [0.717, 1.165) is 57.8 Å². The van der Waals surface area contributed by atoms with Crippen molar-refractivity contribution in [1.82, 2.24) is 0 Å². The zero-order valence-corrected chi connectivity index (χ0v) is 37.9. The number of carbonyl (C=O) groups is 2. The fourth-order valence-corrected chi connectivity index (χ4v) is 8.06. The van der Waals surface area contributed by atoms with Gasteiger partial charge in [-0.25, -0.2) is 0 Å². The molecule has 0 radical (unpaired) electrons. The molecule has 1 rings (SSSR count). The summed E-state index contributed by atoms with van der Waals surface area (Å²) in [7, 11) is -4.60. The molecule has 1 aliphatic rings. The summed E-state index contributed by atoms with van der Waals surface area (Å²) in [6, 6.07) is 0. The van der Waals surface area contributed by atoms with Gasteiger partial charge in [-0.3, -0.25) is 14.1 Å². The van der Waals surface area contributed by atoms with E-state index in [1.165, 1.54) is 116 Å². The third-order valence-electron chi connectivity index (χ3n) is 11.1. The van der Waals surface area contributed by atoms with E-state index >= 15 is 0 Å². The molecule has 1 heterocycles. The third kappa shape index (κ3) is 31.8. The maximum atomic E-state index is 12.8. The SMILES string of the molecule is CCCC/C=C\CCCCCCCC(=O)OC(COC(=O)CCCCCCCCCCCCCCCCCCCCCC)COC1OC(CS(=O)(=O)O)C(O)C(O)C1O. The third-order valence-corrected chi connectivity index (χ3v) is 11.8. The Labute approximate surface area is 358 Å². The topological polar surface area (TPSA) is 186 Å². The van der Waals surface area contributed by atoms with Gasteiger partial charge in [0.25, 0.3) is 10.1 Å². The number of hydrogen-bond donors (Lipinski definition) is 4. The molecule has 13 heteroatoms. The zero-order chi connectivity index (χ0) is 43.4. The van der Waals surface area contributed by atoms with Crippen LogP contribution in [0.5, 0.6) is 0 Å². The summed E-state index contributed by atoms with van der Waals surface area (Å²) in [5.74, 6) is -1.98. The Bertz CT molecular complexity index is 1150. The molecule has 0 saturated carbocycles. The van der Waals surface area contributed by atoms with Gasteiger partial charge in [-0.2, -0.15) is 8.42 Å². The molecule has 0 aliphatic carbocycles. The molecular weight excluding hydrogens is 777 g/mol. The molecule has 0 aromatic rings. The van der Waals surface area contributed by atoms with Crippen molar-refractivity contribution in [2.24, 2.45) is 0 Å². The van der Waals surface area contributed by atoms with E-state index in [0.29, 0.717) is 12.8 Å². The molecule has 0 bridgehead atoms. The van der Waals surface area contributed by atoms with Gasteiger partial charge in [-0.15, -0.1) is 0 Å². The molecule has 348 valence electrons. The smallest absolute Gasteiger partial charge is 0.306 e. The van der Waals surface area contributed by atoms with Crippen LogP contribution in [0.1, 0.15) is 213 Å². The molecule has 1 aliphatic heterocycles. The molecule has 0 amide bonds. The Morgan fingerprint density at radius 1 is 0.559 bits per heavy atom. The standard InChI is InChI=1S/C46H86O12S/c1-3-5-7-9-11-13-15-16-17-18-19-20-21-22-23-25-26-28-30-32-34-41(47)55-36-39(57-42(48)35-33-31-29-27-24-14-12-10-8-6-4-2)37-56-46-45(51)44(50)43(49)40(58-46)38-59(52,53)54/h10,12,39-40,43-46,49-51H,3-9,11,13-38H2,1-2H3,(H,52,53,54)/b12-10-. The highest BCUT2D eigenvalue weighted by atomic mass is 32.2. The van der Waals surface area contributed by atoms with Crippen LogP contribution >= 0.6 is 0 Å². The van der Waals surface area contributed by atoms with Crippen molar-refractivity contribution in [3.05, 3.63) is 12.2 Å². The summed E-state index contributed by atoms with van der Waals surface area (Å²) in [4.78, 5) is 25.4. The Kier molecular flexibility index (Phi) is 34.7. The number of unbranched alkanes of at least 4 members (excludes halogenated alkanes) is 26. The average molecular weight is 863 g/mol. The van der Waals surface area contributed by atoms with Crippen LogP contribution in [0.2, 0.25) is 0 Å². The molecule has 0 aromatic carbocycles. The lowest BCUT2D eigenvalue weighted by atomic mass is 10.00. The number of rotatable bonds is 40. The lowest BCUT2D eigenvalue weighted by molar-refractivity contribution is -0.297. The number of carbonyl (C=O) groups excluding carboxylic acids is 2. The normalized spacial score (nSPS) is 20.3. The van der Waals surface area contributed by atoms with Crippen LogP contribution in [0.4, 0.5) is 0 Å². The summed E-state index contributed by atoms with van der Waals surface area (Å²) in [5, 5.41) is 30.9. The van der Waals surface area contributed by atoms with Crippen molar-refractivity contribution in [3.8, 4) is 0 Å². The average Bonchev–Trinajstić information content (AvgIpc) is 3.20. The Morgan fingerprint density at radius 2 is 0.983 bits per heavy atom. The first-order chi connectivity index (χ1) is 28.5. The van der Waals surface area contributed by atoms with Crippen molar-refractivity contribution in [1.29, 1.82) is 0 Å². The Hall–Kier alpha value is -1.61. The van der Waals surface area contributed by atoms with E-state index in [9.17, 15) is 37.9 Å². The van der Waals surface area contributed by atoms with Crippen LogP contribution in [0.25, 0.3) is 0 Å². The van der Waals surface area contributed by atoms with Crippen LogP contribution in [-0.4, -0.2) is 96.0 Å². The highest BCUT2D eigenvalue weighted by Crippen LogP contribution is 2.24. The van der Waals surface area contributed by atoms with Crippen molar-refractivity contribution >= 4 is 22.1 Å². The lowest BCUT2D eigenvalue weighted by Crippen LogP contribution is -2.60. The van der Waals surface area contributed by atoms with E-state index in [-0.39, 0.29) is 19.4 Å². The first-order valence-corrected chi connectivity index (χ1v) is 25.4. The number of aliphatic hydroxyl groups is 3. The number of hydrogen-bond acceptors (Lipinski definition) is 11. The fraction of sp³-hybridized carbons (Fsp3) is 0.913. The molecule has 12 nitrogen and oxygen atoms in total. The summed E-state index contributed by atoms with van der Waals surface area (Å²) in [6.45, 7) is 3.73. The predicted molar refractivity (Wildman–Crippen MR) is 234 cm³/mol. The monoisotopic (exact) mass is 863 g/mol. The van der Waals surface area contributed by atoms with Crippen LogP contribution in [0.15, 0.2) is 12.2 Å². The molecule has 4 N–H and O–H groups in total. The second-order valence-corrected chi connectivity index (χ2v) is 18.3. The molecule has 0 aromatic heterocycles. The first kappa shape index (κ1) is 55.4. The molecule has 1 saturated heterocycles. The highest BCUT2D eigenvalue weighted by molar-refractivity contribution is 7.85. The highest BCUT2D eigenvalue weighted by Gasteiger charge is 2.46. The minimum absolute atomic E-state index is 0.157. The van der Waals surface area contributed by atoms with Gasteiger partial charge >= 0.3 is 11.9 Å². The van der Waals surface area contributed by atoms with Crippen LogP contribution in [-0.2, 0) is 38.7 Å². The summed E-state index contributed by atoms with van der Waals surface area (Å²) < 4.78 is 54.0. The van der Waals surface area contributed by atoms with Crippen LogP contribution in [0, 0.1) is 0 Å². The summed E-state index contributed by atoms with van der Waals surface area (Å²) in [6.07, 6.45) is 29.8. The van der Waals surface area contributed by atoms with E-state index in [1.807, 2.05) is 0 Å². The zero-order valence-electron chi connectivity index (χ0n) is 37.1. The van der Waals surface area contributed by atoms with E-state index < -0.39 is 71.2 Å². The molecule has 1 fully saturated rings. The second kappa shape index (κ2) is 37.0. The van der Waals surface area contributed by atoms with Gasteiger partial charge in [-0.1, -0.05) is 180 Å². The van der Waals surface area contributed by atoms with Crippen LogP contribution in [0.3, 0.4) is 0 Å². The van der Waals surface area contributed by atoms with Gasteiger partial charge in [0.2, 0.25) is 0 Å². The Morgan fingerprint density at radius 3 is 1.46 bits per heavy atom. The molecule has 6 unspecified atom stereocenters. The largest absolute Gasteiger partial charge is 0.462 e. The maximum Gasteiger partial charge on any atom is 0.306 e. The van der Waals surface area contributed by atoms with Crippen molar-refractivity contribution in [2.75, 3.05) is 19.0 Å². The predicted octanol–water partition coefficient (Wildman–Crippen LogP) is 9.84. The van der Waals surface area contributed by atoms with E-state index in [1.54, 1.807) is 0 Å². The fourth-order valence-electron chi connectivity index (χ4n) is 7.36. The minimum atomic E-state index is -4.60. The number of allylic oxidation sites excluding steroid dienone is 2. The quantitative estimate of drug-likeness (QED) is 0.0198. The van der Waals surface area contributed by atoms with Gasteiger partial charge in [0.1, 0.15) is 36.8 Å². The van der Waals surface area contributed by atoms with Gasteiger partial charge in [0.15, 0.2) is 12.4 Å². The minimum Gasteiger partial charge on any atom is -0.462 e. The molecular formula is C46H86O12S. The number of ether oxygens (including phenoxy) is 4. The lowest BCUT2D eigenvalue weighted by Gasteiger charge is -2.40. The van der Waals surface area contributed by atoms with E-state index in [4.69, 9.17) is 18.9 Å². The van der Waals surface area contributed by atoms with Crippen LogP contribution < -0.4 is 0 Å². The van der Waals surface area contributed by atoms with Crippen molar-refractivity contribution in [2.45, 2.75) is 250 Å². The molecule has 6 atom stereocenters. The Balaban J connectivity index is 2.36. The summed E-state index contributed by atoms with van der Waals surface area (Å²) >= 11 is 0. The van der Waals surface area contributed by atoms with Gasteiger partial charge in [-0.05, 0) is 32.1 Å². The number of aliphatic hydroxyl groups excluding tert-OH is 3. The van der Waals surface area contributed by atoms with Crippen molar-refractivity contribution in [3.63, 3.8) is 0 Å². The van der Waals surface area contributed by atoms with Crippen molar-refractivity contribution < 1.29 is 56.8 Å². The molecule has 59 heavy (non-hydrogen) atoms. The molecule has 0 spiro atoms. The summed E-state index contributed by atoms with van der Waals surface area (Å²) in [5.41, 5.74) is 0. The van der Waals surface area contributed by atoms with E-state index in [2.05, 4.69) is 26.0 Å². The second-order valence-electron chi connectivity index (χ2n) is 16.8. The maximum absolute atomic E-state index is 12.8. The number of esters is 2. The first-order valence-electron chi connectivity index (χ1n) is 23.7. The van der Waals surface area contributed by atoms with Gasteiger partial charge in [0, 0.05) is 12.8 Å².